The zero-order valence-electron chi connectivity index (χ0n) is 15.8. The molecular weight excluding hydrogens is 473 g/mol. The van der Waals surface area contributed by atoms with E-state index in [1.807, 2.05) is 0 Å². The lowest BCUT2D eigenvalue weighted by molar-refractivity contribution is -0.137. The zero-order valence-corrected chi connectivity index (χ0v) is 18.2. The summed E-state index contributed by atoms with van der Waals surface area (Å²) in [5.41, 5.74) is -0.00810. The molecule has 1 amide bonds. The molecule has 0 aromatic heterocycles. The van der Waals surface area contributed by atoms with Crippen molar-refractivity contribution in [3.8, 4) is 0 Å². The predicted molar refractivity (Wildman–Crippen MR) is 115 cm³/mol. The van der Waals surface area contributed by atoms with E-state index in [9.17, 15) is 26.4 Å². The molecule has 2 aromatic rings. The van der Waals surface area contributed by atoms with Gasteiger partial charge in [0.25, 0.3) is 5.91 Å². The summed E-state index contributed by atoms with van der Waals surface area (Å²) in [7, 11) is -3.33. The van der Waals surface area contributed by atoms with Gasteiger partial charge in [-0.25, -0.2) is 8.42 Å². The van der Waals surface area contributed by atoms with E-state index >= 15 is 0 Å². The highest BCUT2D eigenvalue weighted by Gasteiger charge is 2.49. The molecule has 5 nitrogen and oxygen atoms in total. The lowest BCUT2D eigenvalue weighted by Gasteiger charge is -2.25. The van der Waals surface area contributed by atoms with Crippen molar-refractivity contribution in [1.29, 1.82) is 0 Å². The predicted octanol–water partition coefficient (Wildman–Crippen LogP) is 4.20. The van der Waals surface area contributed by atoms with Crippen LogP contribution in [0.1, 0.15) is 11.1 Å². The van der Waals surface area contributed by atoms with Crippen LogP contribution in [-0.4, -0.2) is 42.3 Å². The molecule has 11 heteroatoms. The Morgan fingerprint density at radius 3 is 2.55 bits per heavy atom. The van der Waals surface area contributed by atoms with Crippen LogP contribution in [0.15, 0.2) is 53.5 Å². The smallest absolute Gasteiger partial charge is 0.316 e. The van der Waals surface area contributed by atoms with Crippen molar-refractivity contribution in [2.45, 2.75) is 23.9 Å². The molecule has 2 fully saturated rings. The summed E-state index contributed by atoms with van der Waals surface area (Å²) in [5, 5.41) is 0.337. The largest absolute Gasteiger partial charge is 0.416 e. The topological polar surface area (TPSA) is 66.8 Å². The maximum absolute atomic E-state index is 13.2. The van der Waals surface area contributed by atoms with Crippen LogP contribution in [0, 0.1) is 0 Å². The number of hydrogen-bond donors (Lipinski definition) is 0. The van der Waals surface area contributed by atoms with E-state index in [2.05, 4.69) is 4.99 Å². The number of carbonyl (C=O) groups excluding carboxylic acids is 1. The van der Waals surface area contributed by atoms with E-state index in [1.54, 1.807) is 24.3 Å². The quantitative estimate of drug-likeness (QED) is 0.647. The van der Waals surface area contributed by atoms with Gasteiger partial charge in [0.2, 0.25) is 0 Å². The second kappa shape index (κ2) is 8.14. The van der Waals surface area contributed by atoms with Crippen LogP contribution in [0.3, 0.4) is 0 Å². The number of hydrogen-bond acceptors (Lipinski definition) is 4. The summed E-state index contributed by atoms with van der Waals surface area (Å²) in [6, 6.07) is 10.7. The van der Waals surface area contributed by atoms with Crippen molar-refractivity contribution in [3.05, 3.63) is 64.7 Å². The van der Waals surface area contributed by atoms with Crippen LogP contribution < -0.4 is 4.90 Å². The molecule has 31 heavy (non-hydrogen) atoms. The van der Waals surface area contributed by atoms with Crippen molar-refractivity contribution in [1.82, 2.24) is 0 Å². The molecule has 2 aromatic carbocycles. The molecule has 0 saturated carbocycles. The third-order valence-electron chi connectivity index (χ3n) is 5.01. The molecule has 0 aliphatic carbocycles. The number of anilines is 1. The van der Waals surface area contributed by atoms with Gasteiger partial charge >= 0.3 is 6.18 Å². The van der Waals surface area contributed by atoms with Crippen LogP contribution in [-0.2, 0) is 27.2 Å². The number of carbonyl (C=O) groups is 1. The van der Waals surface area contributed by atoms with E-state index in [-0.39, 0.29) is 28.8 Å². The van der Waals surface area contributed by atoms with Crippen LogP contribution in [0.2, 0.25) is 5.02 Å². The number of rotatable bonds is 3. The van der Waals surface area contributed by atoms with Crippen molar-refractivity contribution in [3.63, 3.8) is 0 Å². The summed E-state index contributed by atoms with van der Waals surface area (Å²) in [4.78, 5) is 18.1. The molecule has 2 unspecified atom stereocenters. The van der Waals surface area contributed by atoms with Crippen LogP contribution in [0.25, 0.3) is 0 Å². The highest BCUT2D eigenvalue weighted by Crippen LogP contribution is 2.42. The molecule has 2 aliphatic rings. The second-order valence-electron chi connectivity index (χ2n) is 7.31. The summed E-state index contributed by atoms with van der Waals surface area (Å²) in [5.74, 6) is -0.794. The lowest BCUT2D eigenvalue weighted by Crippen LogP contribution is -2.38. The number of thioether (sulfide) groups is 1. The summed E-state index contributed by atoms with van der Waals surface area (Å²) >= 11 is 6.96. The summed E-state index contributed by atoms with van der Waals surface area (Å²) in [6.45, 7) is 0. The molecule has 164 valence electrons. The van der Waals surface area contributed by atoms with Gasteiger partial charge < -0.3 is 4.90 Å². The van der Waals surface area contributed by atoms with Gasteiger partial charge in [-0.05, 0) is 35.9 Å². The molecule has 2 atom stereocenters. The molecule has 2 aliphatic heterocycles. The molecule has 0 N–H and O–H groups in total. The third kappa shape index (κ3) is 4.91. The minimum Gasteiger partial charge on any atom is -0.316 e. The number of aliphatic imine (C=N–C) groups is 1. The lowest BCUT2D eigenvalue weighted by atomic mass is 10.1. The summed E-state index contributed by atoms with van der Waals surface area (Å²) in [6.07, 6.45) is -4.56. The highest BCUT2D eigenvalue weighted by atomic mass is 35.5. The standard InChI is InChI=1S/C20H16ClF3N2O3S2/c21-14-6-4-12(5-7-14)8-18(27)25-19-26(16-10-31(28,29)11-17(16)30-19)15-3-1-2-13(9-15)20(22,23)24/h1-7,9,16-17H,8,10-11H2. The average Bonchev–Trinajstić information content (AvgIpc) is 3.13. The maximum Gasteiger partial charge on any atom is 0.416 e. The molecule has 2 saturated heterocycles. The van der Waals surface area contributed by atoms with Gasteiger partial charge in [-0.1, -0.05) is 41.6 Å². The summed E-state index contributed by atoms with van der Waals surface area (Å²) < 4.78 is 63.8. The fourth-order valence-electron chi connectivity index (χ4n) is 3.62. The first-order valence-corrected chi connectivity index (χ1v) is 12.3. The van der Waals surface area contributed by atoms with Crippen molar-refractivity contribution in [2.75, 3.05) is 16.4 Å². The third-order valence-corrected chi connectivity index (χ3v) is 8.47. The van der Waals surface area contributed by atoms with Gasteiger partial charge in [0.1, 0.15) is 0 Å². The number of nitrogens with zero attached hydrogens (tertiary/aromatic N) is 2. The van der Waals surface area contributed by atoms with Crippen molar-refractivity contribution in [2.24, 2.45) is 4.99 Å². The Hall–Kier alpha value is -2.04. The molecule has 4 rings (SSSR count). The molecule has 0 bridgehead atoms. The first kappa shape index (κ1) is 22.2. The Labute approximate surface area is 186 Å². The van der Waals surface area contributed by atoms with E-state index in [1.165, 1.54) is 17.0 Å². The van der Waals surface area contributed by atoms with Gasteiger partial charge in [0.05, 0.1) is 29.5 Å². The SMILES string of the molecule is O=C(Cc1ccc(Cl)cc1)N=C1SC2CS(=O)(=O)CC2N1c1cccc(C(F)(F)F)c1. The Morgan fingerprint density at radius 1 is 1.16 bits per heavy atom. The number of benzene rings is 2. The van der Waals surface area contributed by atoms with Crippen molar-refractivity contribution < 1.29 is 26.4 Å². The van der Waals surface area contributed by atoms with Gasteiger partial charge in [-0.2, -0.15) is 18.2 Å². The van der Waals surface area contributed by atoms with Crippen LogP contribution in [0.5, 0.6) is 0 Å². The van der Waals surface area contributed by atoms with Crippen molar-refractivity contribution >= 4 is 50.0 Å². The normalized spacial score (nSPS) is 23.9. The Kier molecular flexibility index (Phi) is 5.82. The number of alkyl halides is 3. The Bertz CT molecular complexity index is 1150. The van der Waals surface area contributed by atoms with Gasteiger partial charge in [-0.3, -0.25) is 4.79 Å². The zero-order chi connectivity index (χ0) is 22.4. The fraction of sp³-hybridized carbons (Fsp3) is 0.300. The maximum atomic E-state index is 13.2. The first-order valence-electron chi connectivity index (χ1n) is 9.21. The highest BCUT2D eigenvalue weighted by molar-refractivity contribution is 8.16. The molecule has 0 radical (unpaired) electrons. The molecule has 2 heterocycles. The number of halogens is 4. The van der Waals surface area contributed by atoms with Crippen LogP contribution in [0.4, 0.5) is 18.9 Å². The molecule has 0 spiro atoms. The van der Waals surface area contributed by atoms with Gasteiger partial charge in [0, 0.05) is 16.0 Å². The Balaban J connectivity index is 1.67. The van der Waals surface area contributed by atoms with E-state index in [0.29, 0.717) is 10.6 Å². The minimum absolute atomic E-state index is 0.00864. The average molecular weight is 489 g/mol. The van der Waals surface area contributed by atoms with Gasteiger partial charge in [-0.15, -0.1) is 0 Å². The monoisotopic (exact) mass is 488 g/mol. The Morgan fingerprint density at radius 2 is 1.87 bits per heavy atom. The van der Waals surface area contributed by atoms with Gasteiger partial charge in [0.15, 0.2) is 15.0 Å². The number of fused-ring (bicyclic) bond motifs is 1. The van der Waals surface area contributed by atoms with E-state index in [4.69, 9.17) is 11.6 Å². The second-order valence-corrected chi connectivity index (χ2v) is 11.1. The number of amides is 1. The minimum atomic E-state index is -4.55. The number of sulfone groups is 1. The van der Waals surface area contributed by atoms with E-state index in [0.717, 1.165) is 23.9 Å². The fourth-order valence-corrected chi connectivity index (χ4v) is 7.68. The first-order chi connectivity index (χ1) is 14.5. The van der Waals surface area contributed by atoms with E-state index < -0.39 is 38.8 Å². The molecular formula is C20H16ClF3N2O3S2. The number of amidine groups is 1. The van der Waals surface area contributed by atoms with Crippen LogP contribution >= 0.6 is 23.4 Å².